The summed E-state index contributed by atoms with van der Waals surface area (Å²) in [6.45, 7) is 13.8. The standard InChI is InChI=1S/C16H25N3O2/c1-12(2)9-19-11-17-8-14(19)13-6-7-18(10-13)15(20)21-16(3,4)5/h8,11,13H,1,6-7,9-10H2,2-5H3. The van der Waals surface area contributed by atoms with Crippen molar-refractivity contribution in [2.75, 3.05) is 13.1 Å². The van der Waals surface area contributed by atoms with E-state index in [9.17, 15) is 4.79 Å². The van der Waals surface area contributed by atoms with Crippen molar-refractivity contribution in [1.29, 1.82) is 0 Å². The zero-order chi connectivity index (χ0) is 15.6. The fourth-order valence-electron chi connectivity index (χ4n) is 2.59. The number of amides is 1. The molecule has 1 aliphatic heterocycles. The zero-order valence-electron chi connectivity index (χ0n) is 13.4. The molecule has 0 radical (unpaired) electrons. The molecule has 2 rings (SSSR count). The number of nitrogens with zero attached hydrogens (tertiary/aromatic N) is 3. The molecule has 1 unspecified atom stereocenters. The molecule has 0 aromatic carbocycles. The first-order valence-corrected chi connectivity index (χ1v) is 7.38. The zero-order valence-corrected chi connectivity index (χ0v) is 13.4. The lowest BCUT2D eigenvalue weighted by atomic mass is 10.1. The van der Waals surface area contributed by atoms with E-state index in [0.29, 0.717) is 12.5 Å². The summed E-state index contributed by atoms with van der Waals surface area (Å²) in [6.07, 6.45) is 4.45. The maximum absolute atomic E-state index is 12.1. The number of rotatable bonds is 3. The van der Waals surface area contributed by atoms with Crippen LogP contribution in [0.3, 0.4) is 0 Å². The molecule has 2 heterocycles. The highest BCUT2D eigenvalue weighted by Gasteiger charge is 2.31. The highest BCUT2D eigenvalue weighted by atomic mass is 16.6. The summed E-state index contributed by atoms with van der Waals surface area (Å²) in [5.74, 6) is 0.319. The van der Waals surface area contributed by atoms with Gasteiger partial charge in [-0.15, -0.1) is 0 Å². The number of hydrogen-bond acceptors (Lipinski definition) is 3. The average molecular weight is 291 g/mol. The summed E-state index contributed by atoms with van der Waals surface area (Å²) < 4.78 is 7.55. The van der Waals surface area contributed by atoms with Gasteiger partial charge in [0.1, 0.15) is 5.60 Å². The van der Waals surface area contributed by atoms with E-state index < -0.39 is 5.60 Å². The molecule has 0 N–H and O–H groups in total. The minimum atomic E-state index is -0.448. The third-order valence-corrected chi connectivity index (χ3v) is 3.44. The van der Waals surface area contributed by atoms with Gasteiger partial charge in [0.25, 0.3) is 0 Å². The van der Waals surface area contributed by atoms with E-state index in [1.54, 1.807) is 4.90 Å². The van der Waals surface area contributed by atoms with Crippen molar-refractivity contribution < 1.29 is 9.53 Å². The molecule has 1 atom stereocenters. The van der Waals surface area contributed by atoms with Crippen LogP contribution in [-0.4, -0.2) is 39.2 Å². The van der Waals surface area contributed by atoms with Crippen LogP contribution in [0.4, 0.5) is 4.79 Å². The Labute approximate surface area is 126 Å². The minimum Gasteiger partial charge on any atom is -0.444 e. The van der Waals surface area contributed by atoms with Crippen LogP contribution in [-0.2, 0) is 11.3 Å². The number of aromatic nitrogens is 2. The van der Waals surface area contributed by atoms with E-state index in [4.69, 9.17) is 4.74 Å². The van der Waals surface area contributed by atoms with E-state index in [1.165, 1.54) is 5.69 Å². The van der Waals surface area contributed by atoms with Gasteiger partial charge in [0.05, 0.1) is 6.33 Å². The van der Waals surface area contributed by atoms with Crippen LogP contribution in [0.1, 0.15) is 45.7 Å². The molecule has 1 fully saturated rings. The summed E-state index contributed by atoms with van der Waals surface area (Å²) in [4.78, 5) is 18.1. The van der Waals surface area contributed by atoms with Gasteiger partial charge in [0.2, 0.25) is 0 Å². The van der Waals surface area contributed by atoms with Gasteiger partial charge in [0.15, 0.2) is 0 Å². The third kappa shape index (κ3) is 4.09. The second-order valence-corrected chi connectivity index (χ2v) is 6.82. The molecule has 1 aliphatic rings. The lowest BCUT2D eigenvalue weighted by Crippen LogP contribution is -2.35. The van der Waals surface area contributed by atoms with Crippen molar-refractivity contribution in [3.05, 3.63) is 30.4 Å². The van der Waals surface area contributed by atoms with Crippen LogP contribution in [0.15, 0.2) is 24.7 Å². The van der Waals surface area contributed by atoms with Crippen LogP contribution in [0.2, 0.25) is 0 Å². The Morgan fingerprint density at radius 2 is 2.24 bits per heavy atom. The van der Waals surface area contributed by atoms with Crippen molar-refractivity contribution in [3.8, 4) is 0 Å². The number of likely N-dealkylation sites (tertiary alicyclic amines) is 1. The van der Waals surface area contributed by atoms with Crippen LogP contribution < -0.4 is 0 Å². The topological polar surface area (TPSA) is 47.4 Å². The Balaban J connectivity index is 2.01. The van der Waals surface area contributed by atoms with Gasteiger partial charge < -0.3 is 14.2 Å². The molecule has 1 amide bonds. The van der Waals surface area contributed by atoms with E-state index in [0.717, 1.165) is 25.1 Å². The van der Waals surface area contributed by atoms with Crippen molar-refractivity contribution in [1.82, 2.24) is 14.5 Å². The maximum Gasteiger partial charge on any atom is 0.410 e. The number of carbonyl (C=O) groups excluding carboxylic acids is 1. The fraction of sp³-hybridized carbons (Fsp3) is 0.625. The molecular weight excluding hydrogens is 266 g/mol. The van der Waals surface area contributed by atoms with Crippen LogP contribution in [0.5, 0.6) is 0 Å². The minimum absolute atomic E-state index is 0.226. The Bertz CT molecular complexity index is 528. The Hall–Kier alpha value is -1.78. The largest absolute Gasteiger partial charge is 0.444 e. The van der Waals surface area contributed by atoms with Gasteiger partial charge in [-0.1, -0.05) is 12.2 Å². The first-order valence-electron chi connectivity index (χ1n) is 7.38. The predicted octanol–water partition coefficient (Wildman–Crippen LogP) is 3.18. The molecule has 0 bridgehead atoms. The maximum atomic E-state index is 12.1. The van der Waals surface area contributed by atoms with E-state index in [1.807, 2.05) is 40.2 Å². The number of allylic oxidation sites excluding steroid dienone is 1. The number of carbonyl (C=O) groups is 1. The van der Waals surface area contributed by atoms with Crippen LogP contribution in [0, 0.1) is 0 Å². The monoisotopic (exact) mass is 291 g/mol. The lowest BCUT2D eigenvalue weighted by molar-refractivity contribution is 0.0292. The summed E-state index contributed by atoms with van der Waals surface area (Å²) >= 11 is 0. The first kappa shape index (κ1) is 15.6. The first-order chi connectivity index (χ1) is 9.76. The molecule has 0 spiro atoms. The van der Waals surface area contributed by atoms with Gasteiger partial charge >= 0.3 is 6.09 Å². The number of ether oxygens (including phenoxy) is 1. The molecule has 5 heteroatoms. The van der Waals surface area contributed by atoms with Crippen molar-refractivity contribution in [2.45, 2.75) is 52.2 Å². The molecule has 0 saturated carbocycles. The average Bonchev–Trinajstić information content (AvgIpc) is 2.93. The Morgan fingerprint density at radius 3 is 2.86 bits per heavy atom. The molecule has 1 saturated heterocycles. The summed E-state index contributed by atoms with van der Waals surface area (Å²) in [5.41, 5.74) is 1.82. The molecule has 5 nitrogen and oxygen atoms in total. The van der Waals surface area contributed by atoms with Gasteiger partial charge in [-0.05, 0) is 34.1 Å². The van der Waals surface area contributed by atoms with Crippen molar-refractivity contribution in [2.24, 2.45) is 0 Å². The van der Waals surface area contributed by atoms with Crippen LogP contribution >= 0.6 is 0 Å². The highest BCUT2D eigenvalue weighted by molar-refractivity contribution is 5.68. The Kier molecular flexibility index (Phi) is 4.40. The van der Waals surface area contributed by atoms with E-state index >= 15 is 0 Å². The van der Waals surface area contributed by atoms with Gasteiger partial charge in [-0.2, -0.15) is 0 Å². The normalized spacial score (nSPS) is 18.9. The number of imidazole rings is 1. The van der Waals surface area contributed by atoms with Gasteiger partial charge in [-0.3, -0.25) is 0 Å². The van der Waals surface area contributed by atoms with E-state index in [2.05, 4.69) is 16.1 Å². The second-order valence-electron chi connectivity index (χ2n) is 6.82. The molecule has 0 aliphatic carbocycles. The molecule has 1 aromatic rings. The summed E-state index contributed by atoms with van der Waals surface area (Å²) in [6, 6.07) is 0. The molecule has 1 aromatic heterocycles. The van der Waals surface area contributed by atoms with E-state index in [-0.39, 0.29) is 6.09 Å². The third-order valence-electron chi connectivity index (χ3n) is 3.44. The van der Waals surface area contributed by atoms with Crippen molar-refractivity contribution in [3.63, 3.8) is 0 Å². The highest BCUT2D eigenvalue weighted by Crippen LogP contribution is 2.28. The molecule has 116 valence electrons. The SMILES string of the molecule is C=C(C)Cn1cncc1C1CCN(C(=O)OC(C)(C)C)C1. The number of hydrogen-bond donors (Lipinski definition) is 0. The Morgan fingerprint density at radius 1 is 1.52 bits per heavy atom. The fourth-order valence-corrected chi connectivity index (χ4v) is 2.59. The second kappa shape index (κ2) is 5.92. The summed E-state index contributed by atoms with van der Waals surface area (Å²) in [5, 5.41) is 0. The summed E-state index contributed by atoms with van der Waals surface area (Å²) in [7, 11) is 0. The molecular formula is C16H25N3O2. The quantitative estimate of drug-likeness (QED) is 0.804. The lowest BCUT2D eigenvalue weighted by Gasteiger charge is -2.24. The van der Waals surface area contributed by atoms with Gasteiger partial charge in [0, 0.05) is 37.4 Å². The predicted molar refractivity (Wildman–Crippen MR) is 82.2 cm³/mol. The molecule has 21 heavy (non-hydrogen) atoms. The smallest absolute Gasteiger partial charge is 0.410 e. The van der Waals surface area contributed by atoms with Crippen LogP contribution in [0.25, 0.3) is 0 Å². The van der Waals surface area contributed by atoms with Crippen molar-refractivity contribution >= 4 is 6.09 Å². The van der Waals surface area contributed by atoms with Gasteiger partial charge in [-0.25, -0.2) is 9.78 Å².